The number of ether oxygens (including phenoxy) is 2. The van der Waals surface area contributed by atoms with Gasteiger partial charge in [-0.1, -0.05) is 24.3 Å². The number of rotatable bonds is 7. The van der Waals surface area contributed by atoms with Crippen LogP contribution in [-0.2, 0) is 6.54 Å². The van der Waals surface area contributed by atoms with Gasteiger partial charge in [-0.25, -0.2) is 4.98 Å². The van der Waals surface area contributed by atoms with Crippen molar-refractivity contribution in [3.05, 3.63) is 96.2 Å². The van der Waals surface area contributed by atoms with E-state index in [2.05, 4.69) is 10.1 Å². The summed E-state index contributed by atoms with van der Waals surface area (Å²) in [6, 6.07) is 17.0. The fourth-order valence-electron chi connectivity index (χ4n) is 4.40. The maximum atomic E-state index is 13.5. The first-order chi connectivity index (χ1) is 17.2. The Morgan fingerprint density at radius 1 is 1.09 bits per heavy atom. The molecule has 1 aliphatic heterocycles. The number of hydrogen-bond donors (Lipinski definition) is 0. The van der Waals surface area contributed by atoms with Crippen LogP contribution in [0, 0.1) is 0 Å². The third-order valence-corrected chi connectivity index (χ3v) is 6.16. The topological polar surface area (TPSA) is 82.4 Å². The average molecular weight is 470 g/mol. The molecule has 2 aromatic carbocycles. The molecular weight excluding hydrogens is 442 g/mol. The highest BCUT2D eigenvalue weighted by Crippen LogP contribution is 2.29. The molecule has 1 aliphatic rings. The highest BCUT2D eigenvalue weighted by Gasteiger charge is 2.28. The van der Waals surface area contributed by atoms with Crippen LogP contribution in [0.15, 0.2) is 79.4 Å². The lowest BCUT2D eigenvalue weighted by Gasteiger charge is -2.33. The number of methoxy groups -OCH3 is 1. The third-order valence-electron chi connectivity index (χ3n) is 6.16. The van der Waals surface area contributed by atoms with Gasteiger partial charge in [-0.05, 0) is 42.7 Å². The van der Waals surface area contributed by atoms with Gasteiger partial charge in [0, 0.05) is 49.2 Å². The molecule has 1 fully saturated rings. The zero-order chi connectivity index (χ0) is 24.0. The minimum absolute atomic E-state index is 0.0363. The van der Waals surface area contributed by atoms with Crippen molar-refractivity contribution >= 4 is 5.91 Å². The Morgan fingerprint density at radius 3 is 2.83 bits per heavy atom. The number of carbonyl (C=O) groups is 1. The third kappa shape index (κ3) is 5.32. The Hall–Kier alpha value is -4.20. The lowest BCUT2D eigenvalue weighted by molar-refractivity contribution is 0.0704. The smallest absolute Gasteiger partial charge is 0.254 e. The second-order valence-corrected chi connectivity index (χ2v) is 8.51. The van der Waals surface area contributed by atoms with Crippen LogP contribution < -0.4 is 9.47 Å². The van der Waals surface area contributed by atoms with E-state index in [0.717, 1.165) is 30.6 Å². The number of carbonyl (C=O) groups excluding carboxylic acids is 1. The van der Waals surface area contributed by atoms with Crippen molar-refractivity contribution in [3.8, 4) is 17.4 Å². The van der Waals surface area contributed by atoms with Crippen molar-refractivity contribution in [3.63, 3.8) is 0 Å². The van der Waals surface area contributed by atoms with Crippen LogP contribution >= 0.6 is 0 Å². The summed E-state index contributed by atoms with van der Waals surface area (Å²) in [6.07, 6.45) is 8.85. The molecule has 0 radical (unpaired) electrons. The van der Waals surface area contributed by atoms with E-state index in [0.29, 0.717) is 36.0 Å². The second kappa shape index (κ2) is 10.4. The Labute approximate surface area is 204 Å². The maximum Gasteiger partial charge on any atom is 0.254 e. The number of hydrogen-bond acceptors (Lipinski definition) is 6. The number of aromatic nitrogens is 4. The van der Waals surface area contributed by atoms with Gasteiger partial charge < -0.3 is 14.4 Å². The van der Waals surface area contributed by atoms with Crippen LogP contribution in [0.3, 0.4) is 0 Å². The zero-order valence-corrected chi connectivity index (χ0v) is 19.6. The lowest BCUT2D eigenvalue weighted by Crippen LogP contribution is -2.39. The molecule has 1 saturated heterocycles. The zero-order valence-electron chi connectivity index (χ0n) is 19.6. The van der Waals surface area contributed by atoms with Crippen LogP contribution in [0.4, 0.5) is 0 Å². The molecule has 35 heavy (non-hydrogen) atoms. The van der Waals surface area contributed by atoms with Gasteiger partial charge in [-0.2, -0.15) is 5.10 Å². The predicted octanol–water partition coefficient (Wildman–Crippen LogP) is 4.54. The van der Waals surface area contributed by atoms with Crippen LogP contribution in [-0.4, -0.2) is 50.8 Å². The standard InChI is InChI=1S/C27H27N5O3/c1-34-22-9-4-10-23(15-22)35-26-17-28-16-25(30-26)21-8-5-13-31(18-21)27(33)24-11-3-2-7-20(24)19-32-14-6-12-29-32/h2-4,6-7,9-12,14-17,21H,5,8,13,18-19H2,1H3/t21-/m0/s1. The summed E-state index contributed by atoms with van der Waals surface area (Å²) in [7, 11) is 1.62. The summed E-state index contributed by atoms with van der Waals surface area (Å²) in [5.41, 5.74) is 2.49. The van der Waals surface area contributed by atoms with Gasteiger partial charge in [-0.15, -0.1) is 0 Å². The highest BCUT2D eigenvalue weighted by atomic mass is 16.5. The Kier molecular flexibility index (Phi) is 6.70. The molecule has 2 aromatic heterocycles. The molecule has 8 heteroatoms. The number of likely N-dealkylation sites (tertiary alicyclic amines) is 1. The summed E-state index contributed by atoms with van der Waals surface area (Å²) in [5.74, 6) is 1.89. The summed E-state index contributed by atoms with van der Waals surface area (Å²) in [4.78, 5) is 24.5. The van der Waals surface area contributed by atoms with Crippen LogP contribution in [0.5, 0.6) is 17.4 Å². The molecule has 0 N–H and O–H groups in total. The fraction of sp³-hybridized carbons (Fsp3) is 0.259. The Balaban J connectivity index is 1.31. The van der Waals surface area contributed by atoms with E-state index in [1.165, 1.54) is 0 Å². The van der Waals surface area contributed by atoms with E-state index >= 15 is 0 Å². The van der Waals surface area contributed by atoms with Crippen molar-refractivity contribution in [1.29, 1.82) is 0 Å². The largest absolute Gasteiger partial charge is 0.497 e. The van der Waals surface area contributed by atoms with E-state index < -0.39 is 0 Å². The lowest BCUT2D eigenvalue weighted by atomic mass is 9.94. The van der Waals surface area contributed by atoms with Gasteiger partial charge in [-0.3, -0.25) is 14.5 Å². The van der Waals surface area contributed by atoms with Gasteiger partial charge in [0.2, 0.25) is 5.88 Å². The summed E-state index contributed by atoms with van der Waals surface area (Å²) < 4.78 is 13.0. The van der Waals surface area contributed by atoms with Crippen molar-refractivity contribution in [2.24, 2.45) is 0 Å². The van der Waals surface area contributed by atoms with E-state index in [4.69, 9.17) is 14.5 Å². The van der Waals surface area contributed by atoms with Gasteiger partial charge in [0.25, 0.3) is 5.91 Å². The van der Waals surface area contributed by atoms with Crippen molar-refractivity contribution < 1.29 is 14.3 Å². The molecule has 4 aromatic rings. The molecule has 3 heterocycles. The minimum Gasteiger partial charge on any atom is -0.497 e. The summed E-state index contributed by atoms with van der Waals surface area (Å²) in [5, 5.41) is 4.28. The van der Waals surface area contributed by atoms with Gasteiger partial charge in [0.1, 0.15) is 11.5 Å². The number of benzene rings is 2. The molecule has 0 saturated carbocycles. The minimum atomic E-state index is 0.0363. The van der Waals surface area contributed by atoms with E-state index in [9.17, 15) is 4.79 Å². The molecule has 8 nitrogen and oxygen atoms in total. The SMILES string of the molecule is COc1cccc(Oc2cncc([C@H]3CCCN(C(=O)c4ccccc4Cn4cccn4)C3)n2)c1. The molecular formula is C27H27N5O3. The van der Waals surface area contributed by atoms with Crippen molar-refractivity contribution in [1.82, 2.24) is 24.6 Å². The Bertz CT molecular complexity index is 1290. The molecule has 0 spiro atoms. The summed E-state index contributed by atoms with van der Waals surface area (Å²) >= 11 is 0. The molecule has 1 amide bonds. The highest BCUT2D eigenvalue weighted by molar-refractivity contribution is 5.95. The second-order valence-electron chi connectivity index (χ2n) is 8.51. The first-order valence-corrected chi connectivity index (χ1v) is 11.7. The first-order valence-electron chi connectivity index (χ1n) is 11.7. The van der Waals surface area contributed by atoms with Crippen LogP contribution in [0.25, 0.3) is 0 Å². The van der Waals surface area contributed by atoms with E-state index in [1.54, 1.807) is 31.8 Å². The Morgan fingerprint density at radius 2 is 1.97 bits per heavy atom. The molecule has 178 valence electrons. The predicted molar refractivity (Wildman–Crippen MR) is 131 cm³/mol. The molecule has 0 unspecified atom stereocenters. The average Bonchev–Trinajstić information content (AvgIpc) is 3.42. The fourth-order valence-corrected chi connectivity index (χ4v) is 4.40. The normalized spacial score (nSPS) is 15.6. The van der Waals surface area contributed by atoms with Crippen LogP contribution in [0.1, 0.15) is 40.4 Å². The molecule has 5 rings (SSSR count). The first kappa shape index (κ1) is 22.6. The number of amides is 1. The maximum absolute atomic E-state index is 13.5. The monoisotopic (exact) mass is 469 g/mol. The van der Waals surface area contributed by atoms with Gasteiger partial charge in [0.15, 0.2) is 0 Å². The van der Waals surface area contributed by atoms with Gasteiger partial charge >= 0.3 is 0 Å². The van der Waals surface area contributed by atoms with Crippen LogP contribution in [0.2, 0.25) is 0 Å². The van der Waals surface area contributed by atoms with Gasteiger partial charge in [0.05, 0.1) is 25.5 Å². The molecule has 0 aliphatic carbocycles. The van der Waals surface area contributed by atoms with E-state index in [-0.39, 0.29) is 11.8 Å². The summed E-state index contributed by atoms with van der Waals surface area (Å²) in [6.45, 7) is 1.87. The molecule has 0 bridgehead atoms. The quantitative estimate of drug-likeness (QED) is 0.395. The van der Waals surface area contributed by atoms with E-state index in [1.807, 2.05) is 64.3 Å². The van der Waals surface area contributed by atoms with Crippen molar-refractivity contribution in [2.45, 2.75) is 25.3 Å². The number of nitrogens with zero attached hydrogens (tertiary/aromatic N) is 5. The number of piperidine rings is 1. The molecule has 1 atom stereocenters. The van der Waals surface area contributed by atoms with Crippen molar-refractivity contribution in [2.75, 3.05) is 20.2 Å².